The van der Waals surface area contributed by atoms with Crippen LogP contribution in [0.1, 0.15) is 16.7 Å². The lowest BCUT2D eigenvalue weighted by molar-refractivity contribution is -0.138. The molecule has 0 radical (unpaired) electrons. The molecule has 0 aromatic heterocycles. The zero-order chi connectivity index (χ0) is 25.4. The van der Waals surface area contributed by atoms with Gasteiger partial charge in [0.25, 0.3) is 0 Å². The normalized spacial score (nSPS) is 11.3. The topological polar surface area (TPSA) is 74.2 Å². The van der Waals surface area contributed by atoms with E-state index in [-0.39, 0.29) is 18.8 Å². The lowest BCUT2D eigenvalue weighted by Gasteiger charge is -2.15. The molecule has 0 amide bonds. The Kier molecular flexibility index (Phi) is 8.25. The summed E-state index contributed by atoms with van der Waals surface area (Å²) in [5, 5.41) is 9.11. The van der Waals surface area contributed by atoms with Crippen molar-refractivity contribution < 1.29 is 42.0 Å². The van der Waals surface area contributed by atoms with E-state index < -0.39 is 17.7 Å². The van der Waals surface area contributed by atoms with Crippen LogP contribution in [-0.2, 0) is 17.4 Å². The Hall–Kier alpha value is -4.14. The highest BCUT2D eigenvalue weighted by atomic mass is 19.4. The molecule has 3 aromatic carbocycles. The van der Waals surface area contributed by atoms with Crippen molar-refractivity contribution in [2.75, 3.05) is 20.8 Å². The first kappa shape index (κ1) is 25.5. The third kappa shape index (κ3) is 7.17. The summed E-state index contributed by atoms with van der Waals surface area (Å²) in [5.41, 5.74) is 0.386. The van der Waals surface area contributed by atoms with Gasteiger partial charge in [-0.05, 0) is 53.6 Å². The first-order valence-electron chi connectivity index (χ1n) is 10.4. The molecule has 35 heavy (non-hydrogen) atoms. The second kappa shape index (κ2) is 11.3. The van der Waals surface area contributed by atoms with Crippen molar-refractivity contribution in [3.8, 4) is 28.7 Å². The summed E-state index contributed by atoms with van der Waals surface area (Å²) in [4.78, 5) is 11.1. The Labute approximate surface area is 200 Å². The number of benzene rings is 3. The molecule has 0 spiro atoms. The van der Waals surface area contributed by atoms with Crippen LogP contribution in [0.25, 0.3) is 6.08 Å². The molecule has 0 saturated carbocycles. The number of ether oxygens (including phenoxy) is 4. The van der Waals surface area contributed by atoms with Crippen molar-refractivity contribution in [2.45, 2.75) is 12.6 Å². The highest BCUT2D eigenvalue weighted by Gasteiger charge is 2.29. The summed E-state index contributed by atoms with van der Waals surface area (Å²) in [6, 6.07) is 14.7. The Morgan fingerprint density at radius 1 is 0.943 bits per heavy atom. The van der Waals surface area contributed by atoms with E-state index in [1.807, 2.05) is 0 Å². The third-order valence-electron chi connectivity index (χ3n) is 4.79. The summed E-state index contributed by atoms with van der Waals surface area (Å²) < 4.78 is 60.2. The Bertz CT molecular complexity index is 1190. The molecule has 0 heterocycles. The lowest BCUT2D eigenvalue weighted by Crippen LogP contribution is -2.04. The van der Waals surface area contributed by atoms with Crippen LogP contribution < -0.4 is 18.9 Å². The van der Waals surface area contributed by atoms with Gasteiger partial charge in [0.15, 0.2) is 11.5 Å². The van der Waals surface area contributed by atoms with Gasteiger partial charge >= 0.3 is 12.1 Å². The highest BCUT2D eigenvalue weighted by molar-refractivity contribution is 5.71. The summed E-state index contributed by atoms with van der Waals surface area (Å²) in [5.74, 6) is 0.842. The van der Waals surface area contributed by atoms with Crippen molar-refractivity contribution >= 4 is 12.0 Å². The highest BCUT2D eigenvalue weighted by Crippen LogP contribution is 2.41. The number of carboxylic acid groups (broad SMARTS) is 1. The zero-order valence-electron chi connectivity index (χ0n) is 19.0. The fourth-order valence-electron chi connectivity index (χ4n) is 3.20. The maximum absolute atomic E-state index is 12.6. The van der Waals surface area contributed by atoms with Crippen LogP contribution in [0.3, 0.4) is 0 Å². The van der Waals surface area contributed by atoms with Gasteiger partial charge in [0.2, 0.25) is 5.75 Å². The minimum atomic E-state index is -4.37. The number of hydrogen-bond donors (Lipinski definition) is 1. The third-order valence-corrected chi connectivity index (χ3v) is 4.79. The number of alkyl halides is 3. The van der Waals surface area contributed by atoms with Gasteiger partial charge in [-0.2, -0.15) is 13.2 Å². The second-order valence-electron chi connectivity index (χ2n) is 7.31. The van der Waals surface area contributed by atoms with Crippen LogP contribution in [0.5, 0.6) is 28.7 Å². The van der Waals surface area contributed by atoms with Gasteiger partial charge in [-0.1, -0.05) is 24.3 Å². The lowest BCUT2D eigenvalue weighted by atomic mass is 10.1. The number of halogens is 3. The molecule has 3 aromatic rings. The van der Waals surface area contributed by atoms with Crippen LogP contribution in [-0.4, -0.2) is 31.9 Å². The van der Waals surface area contributed by atoms with Gasteiger partial charge in [-0.15, -0.1) is 0 Å². The molecule has 0 aliphatic rings. The fraction of sp³-hybridized carbons (Fsp3) is 0.192. The van der Waals surface area contributed by atoms with Crippen molar-refractivity contribution in [1.82, 2.24) is 0 Å². The second-order valence-corrected chi connectivity index (χ2v) is 7.31. The zero-order valence-corrected chi connectivity index (χ0v) is 19.0. The molecule has 0 aliphatic carbocycles. The molecule has 184 valence electrons. The molecule has 6 nitrogen and oxygen atoms in total. The molecule has 9 heteroatoms. The van der Waals surface area contributed by atoms with E-state index in [4.69, 9.17) is 24.1 Å². The number of methoxy groups -OCH3 is 2. The molecule has 0 bridgehead atoms. The molecule has 0 unspecified atom stereocenters. The SMILES string of the molecule is COc1cc(CC(=O)O)cc(Oc2cccc(OCC=Cc3ccc(C(F)(F)F)cc3)c2)c1OC. The molecule has 0 fully saturated rings. The molecule has 0 atom stereocenters. The Morgan fingerprint density at radius 2 is 1.63 bits per heavy atom. The smallest absolute Gasteiger partial charge is 0.416 e. The average Bonchev–Trinajstić information content (AvgIpc) is 2.81. The van der Waals surface area contributed by atoms with Crippen molar-refractivity contribution in [3.05, 3.63) is 83.4 Å². The minimum absolute atomic E-state index is 0.176. The Balaban J connectivity index is 1.68. The van der Waals surface area contributed by atoms with E-state index in [0.717, 1.165) is 12.1 Å². The molecule has 0 aliphatic heterocycles. The molecular formula is C26H23F3O6. The van der Waals surface area contributed by atoms with Crippen LogP contribution in [0.15, 0.2) is 66.7 Å². The molecule has 0 saturated heterocycles. The monoisotopic (exact) mass is 488 g/mol. The maximum atomic E-state index is 12.6. The Morgan fingerprint density at radius 3 is 2.26 bits per heavy atom. The van der Waals surface area contributed by atoms with E-state index in [1.165, 1.54) is 26.4 Å². The number of carboxylic acids is 1. The summed E-state index contributed by atoms with van der Waals surface area (Å²) in [7, 11) is 2.89. The van der Waals surface area contributed by atoms with Crippen molar-refractivity contribution in [3.63, 3.8) is 0 Å². The first-order valence-corrected chi connectivity index (χ1v) is 10.4. The predicted molar refractivity (Wildman–Crippen MR) is 123 cm³/mol. The van der Waals surface area contributed by atoms with Gasteiger partial charge in [-0.25, -0.2) is 0 Å². The number of rotatable bonds is 10. The standard InChI is InChI=1S/C26H23F3O6/c1-32-22-13-18(15-24(30)31)14-23(25(22)33-2)35-21-7-3-6-20(16-21)34-12-4-5-17-8-10-19(11-9-17)26(27,28)29/h3-11,13-14,16H,12,15H2,1-2H3,(H,30,31). The van der Waals surface area contributed by atoms with Gasteiger partial charge in [0.05, 0.1) is 26.2 Å². The van der Waals surface area contributed by atoms with Gasteiger partial charge in [-0.3, -0.25) is 4.79 Å². The van der Waals surface area contributed by atoms with E-state index in [2.05, 4.69) is 0 Å². The summed E-state index contributed by atoms with van der Waals surface area (Å²) in [6.07, 6.45) is -1.25. The van der Waals surface area contributed by atoms with Gasteiger partial charge < -0.3 is 24.1 Å². The van der Waals surface area contributed by atoms with Crippen molar-refractivity contribution in [2.24, 2.45) is 0 Å². The number of aliphatic carboxylic acids is 1. The first-order chi connectivity index (χ1) is 16.7. The number of hydrogen-bond acceptors (Lipinski definition) is 5. The van der Waals surface area contributed by atoms with Crippen LogP contribution in [0.2, 0.25) is 0 Å². The largest absolute Gasteiger partial charge is 0.493 e. The quantitative estimate of drug-likeness (QED) is 0.365. The molecule has 1 N–H and O–H groups in total. The van der Waals surface area contributed by atoms with E-state index >= 15 is 0 Å². The maximum Gasteiger partial charge on any atom is 0.416 e. The summed E-state index contributed by atoms with van der Waals surface area (Å²) in [6.45, 7) is 0.176. The fourth-order valence-corrected chi connectivity index (χ4v) is 3.20. The van der Waals surface area contributed by atoms with Gasteiger partial charge in [0, 0.05) is 6.07 Å². The summed E-state index contributed by atoms with van der Waals surface area (Å²) >= 11 is 0. The number of carbonyl (C=O) groups is 1. The predicted octanol–water partition coefficient (Wildman–Crippen LogP) is 6.23. The van der Waals surface area contributed by atoms with Crippen LogP contribution in [0.4, 0.5) is 13.2 Å². The van der Waals surface area contributed by atoms with Crippen LogP contribution >= 0.6 is 0 Å². The minimum Gasteiger partial charge on any atom is -0.493 e. The van der Waals surface area contributed by atoms with E-state index in [1.54, 1.807) is 48.6 Å². The molecular weight excluding hydrogens is 465 g/mol. The van der Waals surface area contributed by atoms with Gasteiger partial charge in [0.1, 0.15) is 18.1 Å². The molecule has 3 rings (SSSR count). The van der Waals surface area contributed by atoms with Crippen molar-refractivity contribution in [1.29, 1.82) is 0 Å². The average molecular weight is 488 g/mol. The van der Waals surface area contributed by atoms with E-state index in [0.29, 0.717) is 34.1 Å². The van der Waals surface area contributed by atoms with E-state index in [9.17, 15) is 18.0 Å². The van der Waals surface area contributed by atoms with Crippen LogP contribution in [0, 0.1) is 0 Å².